The Morgan fingerprint density at radius 1 is 1.76 bits per heavy atom. The lowest BCUT2D eigenvalue weighted by atomic mass is 10.3. The van der Waals surface area contributed by atoms with Gasteiger partial charge in [-0.25, -0.2) is 9.36 Å². The first-order valence-corrected chi connectivity index (χ1v) is 4.68. The fraction of sp³-hybridized carbons (Fsp3) is 0.333. The quantitative estimate of drug-likeness (QED) is 0.620. The average molecular weight is 240 g/mol. The van der Waals surface area contributed by atoms with Crippen molar-refractivity contribution in [2.75, 3.05) is 7.05 Å². The molecule has 0 aromatic carbocycles. The van der Waals surface area contributed by atoms with Gasteiger partial charge in [-0.3, -0.25) is 0 Å². The van der Waals surface area contributed by atoms with Crippen molar-refractivity contribution >= 4 is 18.1 Å². The van der Waals surface area contributed by atoms with E-state index in [2.05, 4.69) is 16.9 Å². The molecule has 1 heterocycles. The zero-order valence-corrected chi connectivity index (χ0v) is 9.47. The fourth-order valence-electron chi connectivity index (χ4n) is 1.24. The van der Waals surface area contributed by atoms with Crippen LogP contribution in [0.3, 0.4) is 0 Å². The van der Waals surface area contributed by atoms with E-state index >= 15 is 0 Å². The lowest BCUT2D eigenvalue weighted by molar-refractivity contribution is -0.396. The molecule has 1 rings (SSSR count). The molecule has 0 fully saturated rings. The largest absolute Gasteiger partial charge is 0.441 e. The van der Waals surface area contributed by atoms with Gasteiger partial charge < -0.3 is 20.2 Å². The van der Waals surface area contributed by atoms with Crippen LogP contribution >= 0.6 is 0 Å². The first-order valence-electron chi connectivity index (χ1n) is 4.68. The molecule has 8 heteroatoms. The Bertz CT molecular complexity index is 466. The van der Waals surface area contributed by atoms with Crippen molar-refractivity contribution in [2.45, 2.75) is 6.61 Å². The highest BCUT2D eigenvalue weighted by molar-refractivity contribution is 5.66. The first-order chi connectivity index (χ1) is 8.01. The van der Waals surface area contributed by atoms with Crippen LogP contribution in [0.4, 0.5) is 10.7 Å². The molecule has 0 unspecified atom stereocenters. The lowest BCUT2D eigenvalue weighted by Crippen LogP contribution is -2.19. The van der Waals surface area contributed by atoms with Crippen LogP contribution in [0.25, 0.3) is 6.08 Å². The molecule has 0 atom stereocenters. The summed E-state index contributed by atoms with van der Waals surface area (Å²) >= 11 is 0. The molecule has 0 saturated heterocycles. The van der Waals surface area contributed by atoms with E-state index in [1.54, 1.807) is 0 Å². The molecule has 0 aliphatic heterocycles. The third-order valence-corrected chi connectivity index (χ3v) is 2.12. The highest BCUT2D eigenvalue weighted by atomic mass is 16.6. The van der Waals surface area contributed by atoms with Gasteiger partial charge in [-0.2, -0.15) is 0 Å². The standard InChI is InChI=1S/C9H12N4O4/c1-4-6-7(5-17-9(14)10-2)12(3)8(11-6)13(15)16/h4H,1,5H2,2-3H3,(H,10,14). The maximum atomic E-state index is 10.9. The van der Waals surface area contributed by atoms with Gasteiger partial charge in [0.1, 0.15) is 0 Å². The zero-order chi connectivity index (χ0) is 13.0. The summed E-state index contributed by atoms with van der Waals surface area (Å²) in [6, 6.07) is 0. The van der Waals surface area contributed by atoms with Crippen LogP contribution in [-0.2, 0) is 18.4 Å². The highest BCUT2D eigenvalue weighted by Gasteiger charge is 2.23. The molecule has 0 aliphatic rings. The molecule has 0 radical (unpaired) electrons. The third kappa shape index (κ3) is 2.60. The Kier molecular flexibility index (Phi) is 3.81. The van der Waals surface area contributed by atoms with Gasteiger partial charge in [0.05, 0.1) is 7.05 Å². The summed E-state index contributed by atoms with van der Waals surface area (Å²) in [7, 11) is 2.89. The molecule has 1 N–H and O–H groups in total. The predicted octanol–water partition coefficient (Wildman–Crippen LogP) is 0.827. The van der Waals surface area contributed by atoms with Crippen LogP contribution < -0.4 is 5.32 Å². The molecule has 1 aromatic heterocycles. The number of nitrogens with one attached hydrogen (secondary N) is 1. The molecule has 17 heavy (non-hydrogen) atoms. The summed E-state index contributed by atoms with van der Waals surface area (Å²) in [4.78, 5) is 24.7. The Morgan fingerprint density at radius 3 is 2.88 bits per heavy atom. The fourth-order valence-corrected chi connectivity index (χ4v) is 1.24. The van der Waals surface area contributed by atoms with Gasteiger partial charge >= 0.3 is 12.0 Å². The van der Waals surface area contributed by atoms with E-state index in [0.29, 0.717) is 11.4 Å². The third-order valence-electron chi connectivity index (χ3n) is 2.12. The number of alkyl carbamates (subject to hydrolysis) is 1. The van der Waals surface area contributed by atoms with Gasteiger partial charge in [-0.15, -0.1) is 0 Å². The number of hydrogen-bond acceptors (Lipinski definition) is 5. The van der Waals surface area contributed by atoms with Crippen molar-refractivity contribution in [1.29, 1.82) is 0 Å². The van der Waals surface area contributed by atoms with Gasteiger partial charge in [0.15, 0.2) is 18.0 Å². The maximum Gasteiger partial charge on any atom is 0.435 e. The molecule has 0 saturated carbocycles. The van der Waals surface area contributed by atoms with E-state index in [1.165, 1.54) is 24.7 Å². The normalized spacial score (nSPS) is 9.76. The van der Waals surface area contributed by atoms with Crippen molar-refractivity contribution in [1.82, 2.24) is 14.9 Å². The van der Waals surface area contributed by atoms with Crippen LogP contribution in [0.5, 0.6) is 0 Å². The van der Waals surface area contributed by atoms with Crippen LogP contribution in [-0.4, -0.2) is 27.6 Å². The number of nitrogens with zero attached hydrogens (tertiary/aromatic N) is 3. The molecule has 0 spiro atoms. The van der Waals surface area contributed by atoms with E-state index < -0.39 is 11.0 Å². The second-order valence-corrected chi connectivity index (χ2v) is 3.09. The topological polar surface area (TPSA) is 99.3 Å². The summed E-state index contributed by atoms with van der Waals surface area (Å²) in [5.41, 5.74) is 0.735. The van der Waals surface area contributed by atoms with Gasteiger partial charge in [-0.05, 0) is 11.0 Å². The van der Waals surface area contributed by atoms with E-state index in [0.717, 1.165) is 0 Å². The van der Waals surface area contributed by atoms with Crippen LogP contribution in [0.1, 0.15) is 11.4 Å². The minimum atomic E-state index is -0.621. The van der Waals surface area contributed by atoms with Gasteiger partial charge in [0.25, 0.3) is 0 Å². The predicted molar refractivity (Wildman–Crippen MR) is 59.2 cm³/mol. The molecule has 1 amide bonds. The van der Waals surface area contributed by atoms with Crippen molar-refractivity contribution in [2.24, 2.45) is 7.05 Å². The number of carbonyl (C=O) groups excluding carboxylic acids is 1. The van der Waals surface area contributed by atoms with Crippen LogP contribution in [0.15, 0.2) is 6.58 Å². The van der Waals surface area contributed by atoms with Crippen LogP contribution in [0, 0.1) is 10.1 Å². The van der Waals surface area contributed by atoms with Crippen molar-refractivity contribution in [3.8, 4) is 0 Å². The SMILES string of the molecule is C=Cc1nc([N+](=O)[O-])n(C)c1COC(=O)NC. The number of amides is 1. The number of ether oxygens (including phenoxy) is 1. The molecule has 8 nitrogen and oxygen atoms in total. The first kappa shape index (κ1) is 12.7. The minimum absolute atomic E-state index is 0.113. The Labute approximate surface area is 97.0 Å². The highest BCUT2D eigenvalue weighted by Crippen LogP contribution is 2.18. The average Bonchev–Trinajstić information content (AvgIpc) is 2.63. The Balaban J connectivity index is 3.01. The van der Waals surface area contributed by atoms with E-state index in [-0.39, 0.29) is 12.6 Å². The van der Waals surface area contributed by atoms with Crippen molar-refractivity contribution in [3.63, 3.8) is 0 Å². The van der Waals surface area contributed by atoms with E-state index in [1.807, 2.05) is 0 Å². The number of hydrogen-bond donors (Lipinski definition) is 1. The molecule has 0 aliphatic carbocycles. The number of nitro groups is 1. The second-order valence-electron chi connectivity index (χ2n) is 3.09. The minimum Gasteiger partial charge on any atom is -0.441 e. The smallest absolute Gasteiger partial charge is 0.435 e. The Morgan fingerprint density at radius 2 is 2.41 bits per heavy atom. The van der Waals surface area contributed by atoms with Crippen molar-refractivity contribution < 1.29 is 14.5 Å². The Hall–Kier alpha value is -2.38. The summed E-state index contributed by atoms with van der Waals surface area (Å²) in [6.45, 7) is 3.39. The second kappa shape index (κ2) is 5.10. The summed E-state index contributed by atoms with van der Waals surface area (Å²) < 4.78 is 6.06. The van der Waals surface area contributed by atoms with Crippen molar-refractivity contribution in [3.05, 3.63) is 28.1 Å². The molecule has 0 bridgehead atoms. The number of carbonyl (C=O) groups is 1. The monoisotopic (exact) mass is 240 g/mol. The van der Waals surface area contributed by atoms with Crippen LogP contribution in [0.2, 0.25) is 0 Å². The molecule has 1 aromatic rings. The molecular formula is C9H12N4O4. The number of imidazole rings is 1. The van der Waals surface area contributed by atoms with Gasteiger partial charge in [0, 0.05) is 7.05 Å². The zero-order valence-electron chi connectivity index (χ0n) is 9.47. The molecule has 92 valence electrons. The maximum absolute atomic E-state index is 10.9. The number of rotatable bonds is 4. The summed E-state index contributed by atoms with van der Waals surface area (Å²) in [5.74, 6) is -0.324. The lowest BCUT2D eigenvalue weighted by Gasteiger charge is -2.03. The van der Waals surface area contributed by atoms with E-state index in [4.69, 9.17) is 4.74 Å². The molecular weight excluding hydrogens is 228 g/mol. The van der Waals surface area contributed by atoms with E-state index in [9.17, 15) is 14.9 Å². The van der Waals surface area contributed by atoms with Gasteiger partial charge in [0.2, 0.25) is 0 Å². The van der Waals surface area contributed by atoms with Gasteiger partial charge in [-0.1, -0.05) is 11.6 Å². The summed E-state index contributed by atoms with van der Waals surface area (Å²) in [6.07, 6.45) is 0.749. The number of aromatic nitrogens is 2. The summed E-state index contributed by atoms with van der Waals surface area (Å²) in [5, 5.41) is 12.9.